The lowest BCUT2D eigenvalue weighted by Crippen LogP contribution is -2.15. The maximum atomic E-state index is 13.3. The SMILES string of the molecule is CC(C)[C@@H](N)c1cc2cccc(F)c2o1. The Kier molecular flexibility index (Phi) is 2.49. The van der Waals surface area contributed by atoms with E-state index in [1.54, 1.807) is 6.07 Å². The van der Waals surface area contributed by atoms with Crippen LogP contribution < -0.4 is 5.73 Å². The Morgan fingerprint density at radius 1 is 1.33 bits per heavy atom. The summed E-state index contributed by atoms with van der Waals surface area (Å²) >= 11 is 0. The first-order valence-electron chi connectivity index (χ1n) is 5.03. The van der Waals surface area contributed by atoms with Gasteiger partial charge in [-0.25, -0.2) is 4.39 Å². The van der Waals surface area contributed by atoms with Crippen molar-refractivity contribution in [3.63, 3.8) is 0 Å². The van der Waals surface area contributed by atoms with Gasteiger partial charge in [0.2, 0.25) is 0 Å². The standard InChI is InChI=1S/C12H14FNO/c1-7(2)11(14)10-6-8-4-3-5-9(13)12(8)15-10/h3-7,11H,14H2,1-2H3/t11-/m1/s1. The van der Waals surface area contributed by atoms with E-state index < -0.39 is 0 Å². The number of benzene rings is 1. The van der Waals surface area contributed by atoms with Crippen LogP contribution in [0.5, 0.6) is 0 Å². The molecule has 1 atom stereocenters. The molecule has 15 heavy (non-hydrogen) atoms. The highest BCUT2D eigenvalue weighted by molar-refractivity contribution is 5.78. The molecule has 0 amide bonds. The van der Waals surface area contributed by atoms with Gasteiger partial charge in [-0.1, -0.05) is 26.0 Å². The van der Waals surface area contributed by atoms with Crippen molar-refractivity contribution in [1.29, 1.82) is 0 Å². The summed E-state index contributed by atoms with van der Waals surface area (Å²) in [7, 11) is 0. The number of nitrogens with two attached hydrogens (primary N) is 1. The first-order chi connectivity index (χ1) is 7.09. The van der Waals surface area contributed by atoms with E-state index in [0.29, 0.717) is 11.3 Å². The van der Waals surface area contributed by atoms with Crippen LogP contribution in [-0.4, -0.2) is 0 Å². The Hall–Kier alpha value is -1.35. The van der Waals surface area contributed by atoms with Crippen LogP contribution in [0, 0.1) is 11.7 Å². The average molecular weight is 207 g/mol. The Morgan fingerprint density at radius 3 is 2.67 bits per heavy atom. The summed E-state index contributed by atoms with van der Waals surface area (Å²) in [6.45, 7) is 4.02. The Balaban J connectivity index is 2.52. The number of hydrogen-bond acceptors (Lipinski definition) is 2. The quantitative estimate of drug-likeness (QED) is 0.821. The summed E-state index contributed by atoms with van der Waals surface area (Å²) in [6.07, 6.45) is 0. The summed E-state index contributed by atoms with van der Waals surface area (Å²) < 4.78 is 18.8. The predicted octanol–water partition coefficient (Wildman–Crippen LogP) is 3.23. The van der Waals surface area contributed by atoms with Crippen molar-refractivity contribution < 1.29 is 8.81 Å². The highest BCUT2D eigenvalue weighted by Gasteiger charge is 2.16. The number of fused-ring (bicyclic) bond motifs is 1. The lowest BCUT2D eigenvalue weighted by atomic mass is 10.0. The van der Waals surface area contributed by atoms with Crippen LogP contribution in [-0.2, 0) is 0 Å². The third kappa shape index (κ3) is 1.75. The minimum absolute atomic E-state index is 0.184. The van der Waals surface area contributed by atoms with Crippen LogP contribution in [0.25, 0.3) is 11.0 Å². The second-order valence-corrected chi connectivity index (χ2v) is 4.08. The van der Waals surface area contributed by atoms with E-state index in [4.69, 9.17) is 10.2 Å². The molecule has 1 heterocycles. The van der Waals surface area contributed by atoms with Crippen LogP contribution >= 0.6 is 0 Å². The lowest BCUT2D eigenvalue weighted by Gasteiger charge is -2.11. The van der Waals surface area contributed by atoms with Gasteiger partial charge in [-0.2, -0.15) is 0 Å². The van der Waals surface area contributed by atoms with E-state index in [1.165, 1.54) is 6.07 Å². The maximum Gasteiger partial charge on any atom is 0.169 e. The molecule has 0 radical (unpaired) electrons. The highest BCUT2D eigenvalue weighted by atomic mass is 19.1. The Morgan fingerprint density at radius 2 is 2.07 bits per heavy atom. The zero-order chi connectivity index (χ0) is 11.0. The van der Waals surface area contributed by atoms with E-state index in [2.05, 4.69) is 0 Å². The summed E-state index contributed by atoms with van der Waals surface area (Å²) in [6, 6.07) is 6.49. The Labute approximate surface area is 87.9 Å². The topological polar surface area (TPSA) is 39.2 Å². The molecule has 80 valence electrons. The first kappa shape index (κ1) is 10.2. The fourth-order valence-corrected chi connectivity index (χ4v) is 1.54. The summed E-state index contributed by atoms with van der Waals surface area (Å²) in [5.74, 6) is 0.577. The largest absolute Gasteiger partial charge is 0.456 e. The first-order valence-corrected chi connectivity index (χ1v) is 5.03. The number of hydrogen-bond donors (Lipinski definition) is 1. The molecule has 1 aromatic heterocycles. The van der Waals surface area contributed by atoms with Gasteiger partial charge in [0.05, 0.1) is 6.04 Å². The number of rotatable bonds is 2. The molecule has 3 heteroatoms. The fourth-order valence-electron chi connectivity index (χ4n) is 1.54. The monoisotopic (exact) mass is 207 g/mol. The van der Waals surface area contributed by atoms with Gasteiger partial charge in [-0.15, -0.1) is 0 Å². The average Bonchev–Trinajstić information content (AvgIpc) is 2.61. The molecule has 0 saturated heterocycles. The molecule has 0 saturated carbocycles. The molecule has 0 aliphatic rings. The maximum absolute atomic E-state index is 13.3. The third-order valence-electron chi connectivity index (χ3n) is 2.56. The van der Waals surface area contributed by atoms with E-state index >= 15 is 0 Å². The minimum atomic E-state index is -0.338. The smallest absolute Gasteiger partial charge is 0.169 e. The van der Waals surface area contributed by atoms with E-state index in [1.807, 2.05) is 26.0 Å². The molecule has 0 fully saturated rings. The van der Waals surface area contributed by atoms with E-state index in [-0.39, 0.29) is 17.8 Å². The predicted molar refractivity (Wildman–Crippen MR) is 57.9 cm³/mol. The molecule has 1 aromatic carbocycles. The lowest BCUT2D eigenvalue weighted by molar-refractivity contribution is 0.413. The Bertz CT molecular complexity index is 475. The zero-order valence-corrected chi connectivity index (χ0v) is 8.83. The normalized spacial score (nSPS) is 13.7. The molecule has 2 rings (SSSR count). The molecule has 2 N–H and O–H groups in total. The molecule has 0 aliphatic carbocycles. The zero-order valence-electron chi connectivity index (χ0n) is 8.83. The van der Waals surface area contributed by atoms with Crippen molar-refractivity contribution in [2.45, 2.75) is 19.9 Å². The van der Waals surface area contributed by atoms with Gasteiger partial charge in [0.15, 0.2) is 11.4 Å². The number of furan rings is 1. The summed E-state index contributed by atoms with van der Waals surface area (Å²) in [5, 5.41) is 0.765. The van der Waals surface area contributed by atoms with Crippen molar-refractivity contribution in [2.24, 2.45) is 11.7 Å². The van der Waals surface area contributed by atoms with Gasteiger partial charge in [0, 0.05) is 5.39 Å². The van der Waals surface area contributed by atoms with Crippen LogP contribution in [0.1, 0.15) is 25.6 Å². The van der Waals surface area contributed by atoms with Crippen molar-refractivity contribution in [2.75, 3.05) is 0 Å². The summed E-state index contributed by atoms with van der Waals surface area (Å²) in [4.78, 5) is 0. The summed E-state index contributed by atoms with van der Waals surface area (Å²) in [5.41, 5.74) is 6.23. The molecule has 0 spiro atoms. The van der Waals surface area contributed by atoms with Crippen LogP contribution in [0.3, 0.4) is 0 Å². The third-order valence-corrected chi connectivity index (χ3v) is 2.56. The molecule has 2 aromatic rings. The highest BCUT2D eigenvalue weighted by Crippen LogP contribution is 2.27. The van der Waals surface area contributed by atoms with Crippen LogP contribution in [0.4, 0.5) is 4.39 Å². The molecule has 0 unspecified atom stereocenters. The van der Waals surface area contributed by atoms with E-state index in [9.17, 15) is 4.39 Å². The van der Waals surface area contributed by atoms with Crippen LogP contribution in [0.2, 0.25) is 0 Å². The molecule has 2 nitrogen and oxygen atoms in total. The number of para-hydroxylation sites is 1. The molecular weight excluding hydrogens is 193 g/mol. The van der Waals surface area contributed by atoms with Crippen LogP contribution in [0.15, 0.2) is 28.7 Å². The van der Waals surface area contributed by atoms with Gasteiger partial charge in [0.1, 0.15) is 5.76 Å². The van der Waals surface area contributed by atoms with Gasteiger partial charge in [-0.05, 0) is 18.1 Å². The van der Waals surface area contributed by atoms with Gasteiger partial charge in [0.25, 0.3) is 0 Å². The molecule has 0 bridgehead atoms. The van der Waals surface area contributed by atoms with Gasteiger partial charge >= 0.3 is 0 Å². The van der Waals surface area contributed by atoms with E-state index in [0.717, 1.165) is 5.39 Å². The van der Waals surface area contributed by atoms with Gasteiger partial charge < -0.3 is 10.2 Å². The van der Waals surface area contributed by atoms with Gasteiger partial charge in [-0.3, -0.25) is 0 Å². The van der Waals surface area contributed by atoms with Crippen molar-refractivity contribution in [1.82, 2.24) is 0 Å². The minimum Gasteiger partial charge on any atom is -0.456 e. The molecular formula is C12H14FNO. The second kappa shape index (κ2) is 3.66. The fraction of sp³-hybridized carbons (Fsp3) is 0.333. The van der Waals surface area contributed by atoms with Crippen molar-refractivity contribution in [3.05, 3.63) is 35.8 Å². The number of halogens is 1. The molecule has 0 aliphatic heterocycles. The van der Waals surface area contributed by atoms with Crippen molar-refractivity contribution in [3.8, 4) is 0 Å². The second-order valence-electron chi connectivity index (χ2n) is 4.08. The van der Waals surface area contributed by atoms with Crippen molar-refractivity contribution >= 4 is 11.0 Å².